The van der Waals surface area contributed by atoms with Crippen LogP contribution in [0.2, 0.25) is 0 Å². The van der Waals surface area contributed by atoms with E-state index in [0.29, 0.717) is 0 Å². The molecule has 1 nitrogen and oxygen atoms in total. The lowest BCUT2D eigenvalue weighted by atomic mass is 10.0. The third kappa shape index (κ3) is 0.993. The Kier molecular flexibility index (Phi) is 1.37. The van der Waals surface area contributed by atoms with Crippen molar-refractivity contribution in [1.82, 2.24) is 0 Å². The van der Waals surface area contributed by atoms with Gasteiger partial charge in [0.05, 0.1) is 21.1 Å². The van der Waals surface area contributed by atoms with Crippen LogP contribution in [0.15, 0.2) is 12.2 Å². The standard InChI is InChI=1S/C7H13ClN/c1-9(2,3)7(8)5-4-6-7/h4-5H,6H2,1-3H3/q+1. The van der Waals surface area contributed by atoms with Gasteiger partial charge in [-0.2, -0.15) is 0 Å². The summed E-state index contributed by atoms with van der Waals surface area (Å²) in [6.45, 7) is 0. The van der Waals surface area contributed by atoms with E-state index in [0.717, 1.165) is 10.9 Å². The minimum Gasteiger partial charge on any atom is -0.310 e. The molecule has 0 aromatic heterocycles. The molecular weight excluding hydrogens is 134 g/mol. The largest absolute Gasteiger partial charge is 0.310 e. The van der Waals surface area contributed by atoms with Crippen LogP contribution in [-0.2, 0) is 0 Å². The Hall–Kier alpha value is -0.0100. The lowest BCUT2D eigenvalue weighted by molar-refractivity contribution is -0.902. The van der Waals surface area contributed by atoms with Crippen LogP contribution in [0.5, 0.6) is 0 Å². The summed E-state index contributed by atoms with van der Waals surface area (Å²) < 4.78 is 0.811. The van der Waals surface area contributed by atoms with Gasteiger partial charge in [-0.3, -0.25) is 0 Å². The smallest absolute Gasteiger partial charge is 0.196 e. The van der Waals surface area contributed by atoms with E-state index < -0.39 is 0 Å². The molecule has 1 atom stereocenters. The lowest BCUT2D eigenvalue weighted by Gasteiger charge is -2.42. The topological polar surface area (TPSA) is 0 Å². The van der Waals surface area contributed by atoms with E-state index in [-0.39, 0.29) is 5.00 Å². The summed E-state index contributed by atoms with van der Waals surface area (Å²) in [7, 11) is 6.32. The van der Waals surface area contributed by atoms with Crippen LogP contribution in [0, 0.1) is 0 Å². The fraction of sp³-hybridized carbons (Fsp3) is 0.714. The predicted octanol–water partition coefficient (Wildman–Crippen LogP) is 1.59. The summed E-state index contributed by atoms with van der Waals surface area (Å²) in [5, 5.41) is 0. The first kappa shape index (κ1) is 7.10. The monoisotopic (exact) mass is 146 g/mol. The van der Waals surface area contributed by atoms with Crippen LogP contribution in [0.25, 0.3) is 0 Å². The van der Waals surface area contributed by atoms with Gasteiger partial charge in [-0.1, -0.05) is 6.08 Å². The van der Waals surface area contributed by atoms with Crippen LogP contribution in [0.4, 0.5) is 0 Å². The normalized spacial score (nSPS) is 34.2. The highest BCUT2D eigenvalue weighted by Crippen LogP contribution is 2.36. The number of alkyl halides is 1. The van der Waals surface area contributed by atoms with E-state index >= 15 is 0 Å². The van der Waals surface area contributed by atoms with Crippen molar-refractivity contribution in [3.05, 3.63) is 12.2 Å². The van der Waals surface area contributed by atoms with E-state index in [2.05, 4.69) is 33.3 Å². The van der Waals surface area contributed by atoms with Gasteiger partial charge in [-0.15, -0.1) is 0 Å². The second kappa shape index (κ2) is 1.74. The van der Waals surface area contributed by atoms with E-state index in [1.165, 1.54) is 0 Å². The van der Waals surface area contributed by atoms with Crippen molar-refractivity contribution in [2.75, 3.05) is 21.1 Å². The van der Waals surface area contributed by atoms with E-state index in [1.54, 1.807) is 0 Å². The van der Waals surface area contributed by atoms with Gasteiger partial charge in [0.2, 0.25) is 0 Å². The summed E-state index contributed by atoms with van der Waals surface area (Å²) in [4.78, 5) is -0.111. The van der Waals surface area contributed by atoms with Crippen molar-refractivity contribution in [1.29, 1.82) is 0 Å². The van der Waals surface area contributed by atoms with Crippen molar-refractivity contribution >= 4 is 11.6 Å². The van der Waals surface area contributed by atoms with Crippen LogP contribution in [0.1, 0.15) is 6.42 Å². The van der Waals surface area contributed by atoms with Crippen LogP contribution in [0.3, 0.4) is 0 Å². The second-order valence-electron chi connectivity index (χ2n) is 3.44. The Labute approximate surface area is 61.5 Å². The summed E-state index contributed by atoms with van der Waals surface area (Å²) in [6.07, 6.45) is 5.17. The molecule has 0 saturated heterocycles. The van der Waals surface area contributed by atoms with Gasteiger partial charge < -0.3 is 4.48 Å². The average molecular weight is 147 g/mol. The molecule has 0 aliphatic heterocycles. The highest BCUT2D eigenvalue weighted by molar-refractivity contribution is 6.24. The molecule has 2 heteroatoms. The highest BCUT2D eigenvalue weighted by atomic mass is 35.5. The van der Waals surface area contributed by atoms with Crippen LogP contribution in [-0.4, -0.2) is 30.6 Å². The number of likely N-dealkylation sites (N-methyl/N-ethyl adjacent to an activating group) is 1. The molecule has 1 unspecified atom stereocenters. The molecule has 0 N–H and O–H groups in total. The Bertz CT molecular complexity index is 145. The molecule has 0 bridgehead atoms. The summed E-state index contributed by atoms with van der Waals surface area (Å²) in [6, 6.07) is 0. The predicted molar refractivity (Wildman–Crippen MR) is 40.4 cm³/mol. The van der Waals surface area contributed by atoms with Gasteiger partial charge in [0.1, 0.15) is 0 Å². The molecule has 1 rings (SSSR count). The number of nitrogens with zero attached hydrogens (tertiary/aromatic N) is 1. The fourth-order valence-corrected chi connectivity index (χ4v) is 0.988. The number of rotatable bonds is 1. The van der Waals surface area contributed by atoms with Crippen molar-refractivity contribution in [3.63, 3.8) is 0 Å². The molecular formula is C7H13ClN+. The molecule has 0 amide bonds. The minimum absolute atomic E-state index is 0.111. The number of hydrogen-bond acceptors (Lipinski definition) is 0. The zero-order valence-electron chi connectivity index (χ0n) is 6.19. The number of quaternary nitrogens is 1. The average Bonchev–Trinajstić information content (AvgIpc) is 1.57. The zero-order chi connectivity index (χ0) is 7.12. The van der Waals surface area contributed by atoms with Gasteiger partial charge in [-0.25, -0.2) is 0 Å². The molecule has 0 radical (unpaired) electrons. The number of hydrogen-bond donors (Lipinski definition) is 0. The van der Waals surface area contributed by atoms with Crippen LogP contribution >= 0.6 is 11.6 Å². The van der Waals surface area contributed by atoms with Crippen molar-refractivity contribution < 1.29 is 4.48 Å². The Morgan fingerprint density at radius 3 is 1.89 bits per heavy atom. The molecule has 1 aliphatic rings. The first-order chi connectivity index (χ1) is 3.96. The fourth-order valence-electron chi connectivity index (χ4n) is 0.810. The lowest BCUT2D eigenvalue weighted by Crippen LogP contribution is -2.54. The van der Waals surface area contributed by atoms with Gasteiger partial charge in [0.15, 0.2) is 5.00 Å². The maximum absolute atomic E-state index is 6.17. The van der Waals surface area contributed by atoms with Crippen molar-refractivity contribution in [2.45, 2.75) is 11.4 Å². The van der Waals surface area contributed by atoms with Gasteiger partial charge in [0, 0.05) is 6.42 Å². The maximum Gasteiger partial charge on any atom is 0.196 e. The summed E-state index contributed by atoms with van der Waals surface area (Å²) >= 11 is 6.17. The Morgan fingerprint density at radius 1 is 1.44 bits per heavy atom. The van der Waals surface area contributed by atoms with Crippen molar-refractivity contribution in [2.24, 2.45) is 0 Å². The Morgan fingerprint density at radius 2 is 1.89 bits per heavy atom. The Balaban J connectivity index is 2.73. The van der Waals surface area contributed by atoms with E-state index in [1.807, 2.05) is 0 Å². The van der Waals surface area contributed by atoms with Crippen LogP contribution < -0.4 is 0 Å². The maximum atomic E-state index is 6.17. The summed E-state index contributed by atoms with van der Waals surface area (Å²) in [5.41, 5.74) is 0. The molecule has 9 heavy (non-hydrogen) atoms. The third-order valence-electron chi connectivity index (χ3n) is 1.89. The molecule has 0 aromatic rings. The molecule has 0 aromatic carbocycles. The molecule has 0 heterocycles. The minimum atomic E-state index is -0.111. The van der Waals surface area contributed by atoms with Gasteiger partial charge in [0.25, 0.3) is 0 Å². The number of halogens is 1. The third-order valence-corrected chi connectivity index (χ3v) is 2.68. The molecule has 52 valence electrons. The molecule has 0 spiro atoms. The van der Waals surface area contributed by atoms with Gasteiger partial charge >= 0.3 is 0 Å². The van der Waals surface area contributed by atoms with Crippen molar-refractivity contribution in [3.8, 4) is 0 Å². The zero-order valence-corrected chi connectivity index (χ0v) is 6.94. The summed E-state index contributed by atoms with van der Waals surface area (Å²) in [5.74, 6) is 0. The first-order valence-electron chi connectivity index (χ1n) is 3.14. The van der Waals surface area contributed by atoms with E-state index in [9.17, 15) is 0 Å². The first-order valence-corrected chi connectivity index (χ1v) is 3.52. The molecule has 0 fully saturated rings. The molecule has 1 aliphatic carbocycles. The SMILES string of the molecule is C[N+](C)(C)C1(Cl)C=CC1. The van der Waals surface area contributed by atoms with E-state index in [4.69, 9.17) is 11.6 Å². The molecule has 0 saturated carbocycles. The highest BCUT2D eigenvalue weighted by Gasteiger charge is 2.41. The second-order valence-corrected chi connectivity index (χ2v) is 4.09. The quantitative estimate of drug-likeness (QED) is 0.228. The van der Waals surface area contributed by atoms with Gasteiger partial charge in [-0.05, 0) is 17.7 Å².